The van der Waals surface area contributed by atoms with E-state index in [0.717, 1.165) is 13.0 Å². The Hall–Kier alpha value is -0.0800. The van der Waals surface area contributed by atoms with Crippen LogP contribution >= 0.6 is 0 Å². The van der Waals surface area contributed by atoms with Gasteiger partial charge in [-0.3, -0.25) is 0 Å². The first-order valence-corrected chi connectivity index (χ1v) is 5.83. The van der Waals surface area contributed by atoms with Crippen LogP contribution in [-0.4, -0.2) is 18.8 Å². The second-order valence-corrected chi connectivity index (χ2v) is 5.36. The second kappa shape index (κ2) is 4.63. The van der Waals surface area contributed by atoms with Crippen molar-refractivity contribution in [3.63, 3.8) is 0 Å². The Balaban J connectivity index is 2.48. The molecule has 0 radical (unpaired) electrons. The van der Waals surface area contributed by atoms with Crippen LogP contribution in [0.5, 0.6) is 0 Å². The monoisotopic (exact) mass is 199 g/mol. The van der Waals surface area contributed by atoms with Crippen LogP contribution in [0.1, 0.15) is 47.0 Å². The standard InChI is InChI=1S/C12H25NO/c1-9(2)12(4,8-13)7-11-6-5-10(3)14-11/h9-11H,5-8,13H2,1-4H3. The molecule has 0 aromatic rings. The fourth-order valence-corrected chi connectivity index (χ4v) is 2.11. The van der Waals surface area contributed by atoms with Gasteiger partial charge in [-0.15, -0.1) is 0 Å². The van der Waals surface area contributed by atoms with E-state index in [2.05, 4.69) is 27.7 Å². The first-order valence-electron chi connectivity index (χ1n) is 5.83. The van der Waals surface area contributed by atoms with Gasteiger partial charge in [-0.25, -0.2) is 0 Å². The van der Waals surface area contributed by atoms with Gasteiger partial charge in [0.05, 0.1) is 12.2 Å². The summed E-state index contributed by atoms with van der Waals surface area (Å²) < 4.78 is 5.85. The molecule has 14 heavy (non-hydrogen) atoms. The molecule has 1 aliphatic rings. The van der Waals surface area contributed by atoms with Crippen LogP contribution in [0.4, 0.5) is 0 Å². The first kappa shape index (κ1) is 12.0. The van der Waals surface area contributed by atoms with E-state index in [1.165, 1.54) is 12.8 Å². The Kier molecular flexibility index (Phi) is 3.96. The lowest BCUT2D eigenvalue weighted by Gasteiger charge is -2.34. The predicted molar refractivity (Wildman–Crippen MR) is 60.2 cm³/mol. The average Bonchev–Trinajstić information content (AvgIpc) is 2.50. The van der Waals surface area contributed by atoms with E-state index < -0.39 is 0 Å². The Labute approximate surface area is 88.2 Å². The van der Waals surface area contributed by atoms with Crippen LogP contribution in [0.2, 0.25) is 0 Å². The quantitative estimate of drug-likeness (QED) is 0.755. The van der Waals surface area contributed by atoms with Crippen LogP contribution in [0.25, 0.3) is 0 Å². The molecule has 1 heterocycles. The molecule has 0 aromatic heterocycles. The number of hydrogen-bond donors (Lipinski definition) is 1. The zero-order chi connectivity index (χ0) is 10.8. The SMILES string of the molecule is CC1CCC(CC(C)(CN)C(C)C)O1. The summed E-state index contributed by atoms with van der Waals surface area (Å²) in [6.45, 7) is 9.72. The zero-order valence-electron chi connectivity index (χ0n) is 10.0. The van der Waals surface area contributed by atoms with Crippen LogP contribution < -0.4 is 5.73 Å². The van der Waals surface area contributed by atoms with Crippen molar-refractivity contribution >= 4 is 0 Å². The molecule has 0 spiro atoms. The Morgan fingerprint density at radius 3 is 2.43 bits per heavy atom. The van der Waals surface area contributed by atoms with Gasteiger partial charge in [0.1, 0.15) is 0 Å². The maximum absolute atomic E-state index is 5.87. The Bertz CT molecular complexity index is 181. The largest absolute Gasteiger partial charge is 0.375 e. The van der Waals surface area contributed by atoms with Crippen molar-refractivity contribution < 1.29 is 4.74 Å². The highest BCUT2D eigenvalue weighted by Crippen LogP contribution is 2.35. The molecule has 1 saturated heterocycles. The van der Waals surface area contributed by atoms with Gasteiger partial charge < -0.3 is 10.5 Å². The van der Waals surface area contributed by atoms with Gasteiger partial charge in [-0.05, 0) is 44.1 Å². The van der Waals surface area contributed by atoms with Gasteiger partial charge >= 0.3 is 0 Å². The summed E-state index contributed by atoms with van der Waals surface area (Å²) >= 11 is 0. The third kappa shape index (κ3) is 2.71. The summed E-state index contributed by atoms with van der Waals surface area (Å²) in [7, 11) is 0. The molecule has 3 atom stereocenters. The molecule has 1 fully saturated rings. The average molecular weight is 199 g/mol. The lowest BCUT2D eigenvalue weighted by Crippen LogP contribution is -2.36. The van der Waals surface area contributed by atoms with Gasteiger partial charge in [-0.2, -0.15) is 0 Å². The lowest BCUT2D eigenvalue weighted by atomic mass is 9.74. The molecule has 3 unspecified atom stereocenters. The molecule has 0 amide bonds. The van der Waals surface area contributed by atoms with Gasteiger partial charge in [0, 0.05) is 0 Å². The summed E-state index contributed by atoms with van der Waals surface area (Å²) in [5, 5.41) is 0. The van der Waals surface area contributed by atoms with E-state index in [1.807, 2.05) is 0 Å². The van der Waals surface area contributed by atoms with Crippen LogP contribution in [0.15, 0.2) is 0 Å². The lowest BCUT2D eigenvalue weighted by molar-refractivity contribution is 0.0160. The Morgan fingerprint density at radius 1 is 1.43 bits per heavy atom. The van der Waals surface area contributed by atoms with Crippen molar-refractivity contribution in [2.45, 2.75) is 59.2 Å². The van der Waals surface area contributed by atoms with Crippen molar-refractivity contribution in [1.29, 1.82) is 0 Å². The second-order valence-electron chi connectivity index (χ2n) is 5.36. The zero-order valence-corrected chi connectivity index (χ0v) is 10.0. The maximum Gasteiger partial charge on any atom is 0.0585 e. The molecule has 0 saturated carbocycles. The molecular weight excluding hydrogens is 174 g/mol. The number of ether oxygens (including phenoxy) is 1. The molecule has 1 rings (SSSR count). The van der Waals surface area contributed by atoms with Crippen molar-refractivity contribution in [1.82, 2.24) is 0 Å². The number of rotatable bonds is 4. The van der Waals surface area contributed by atoms with Gasteiger partial charge in [-0.1, -0.05) is 20.8 Å². The smallest absolute Gasteiger partial charge is 0.0585 e. The summed E-state index contributed by atoms with van der Waals surface area (Å²) in [5.74, 6) is 0.631. The van der Waals surface area contributed by atoms with Crippen molar-refractivity contribution in [3.05, 3.63) is 0 Å². The molecule has 0 aromatic carbocycles. The Morgan fingerprint density at radius 2 is 2.07 bits per heavy atom. The van der Waals surface area contributed by atoms with E-state index in [4.69, 9.17) is 10.5 Å². The minimum Gasteiger partial charge on any atom is -0.375 e. The molecular formula is C12H25NO. The van der Waals surface area contributed by atoms with E-state index in [0.29, 0.717) is 18.1 Å². The summed E-state index contributed by atoms with van der Waals surface area (Å²) in [4.78, 5) is 0. The topological polar surface area (TPSA) is 35.2 Å². The normalized spacial score (nSPS) is 32.1. The van der Waals surface area contributed by atoms with Crippen molar-refractivity contribution in [3.8, 4) is 0 Å². The molecule has 2 nitrogen and oxygen atoms in total. The van der Waals surface area contributed by atoms with Gasteiger partial charge in [0.25, 0.3) is 0 Å². The van der Waals surface area contributed by atoms with Gasteiger partial charge in [0.2, 0.25) is 0 Å². The predicted octanol–water partition coefficient (Wildman–Crippen LogP) is 2.57. The summed E-state index contributed by atoms with van der Waals surface area (Å²) in [6, 6.07) is 0. The molecule has 2 heteroatoms. The molecule has 1 aliphatic heterocycles. The van der Waals surface area contributed by atoms with E-state index in [1.54, 1.807) is 0 Å². The highest BCUT2D eigenvalue weighted by molar-refractivity contribution is 4.84. The maximum atomic E-state index is 5.87. The van der Waals surface area contributed by atoms with E-state index in [9.17, 15) is 0 Å². The minimum absolute atomic E-state index is 0.245. The summed E-state index contributed by atoms with van der Waals surface area (Å²) in [5.41, 5.74) is 6.11. The summed E-state index contributed by atoms with van der Waals surface area (Å²) in [6.07, 6.45) is 4.44. The third-order valence-corrected chi connectivity index (χ3v) is 3.87. The number of nitrogens with two attached hydrogens (primary N) is 1. The first-order chi connectivity index (χ1) is 6.48. The number of hydrogen-bond acceptors (Lipinski definition) is 2. The molecule has 84 valence electrons. The highest BCUT2D eigenvalue weighted by atomic mass is 16.5. The molecule has 0 bridgehead atoms. The van der Waals surface area contributed by atoms with Crippen molar-refractivity contribution in [2.75, 3.05) is 6.54 Å². The highest BCUT2D eigenvalue weighted by Gasteiger charge is 2.33. The van der Waals surface area contributed by atoms with Crippen LogP contribution in [-0.2, 0) is 4.74 Å². The van der Waals surface area contributed by atoms with Crippen LogP contribution in [0.3, 0.4) is 0 Å². The fraction of sp³-hybridized carbons (Fsp3) is 1.00. The van der Waals surface area contributed by atoms with Crippen molar-refractivity contribution in [2.24, 2.45) is 17.1 Å². The third-order valence-electron chi connectivity index (χ3n) is 3.87. The van der Waals surface area contributed by atoms with E-state index in [-0.39, 0.29) is 5.41 Å². The minimum atomic E-state index is 0.245. The fourth-order valence-electron chi connectivity index (χ4n) is 2.11. The molecule has 2 N–H and O–H groups in total. The molecule has 0 aliphatic carbocycles. The van der Waals surface area contributed by atoms with E-state index >= 15 is 0 Å². The van der Waals surface area contributed by atoms with Gasteiger partial charge in [0.15, 0.2) is 0 Å². The van der Waals surface area contributed by atoms with Crippen LogP contribution in [0, 0.1) is 11.3 Å².